The molecule has 21 heavy (non-hydrogen) atoms. The number of nitrogens with zero attached hydrogens (tertiary/aromatic N) is 4. The Hall–Kier alpha value is -1.72. The fourth-order valence-electron chi connectivity index (χ4n) is 2.91. The van der Waals surface area contributed by atoms with Gasteiger partial charge in [0.25, 0.3) is 0 Å². The number of hydrogen-bond donors (Lipinski definition) is 1. The fourth-order valence-corrected chi connectivity index (χ4v) is 2.91. The molecule has 0 radical (unpaired) electrons. The van der Waals surface area contributed by atoms with Gasteiger partial charge in [0.1, 0.15) is 0 Å². The van der Waals surface area contributed by atoms with Crippen LogP contribution in [-0.4, -0.2) is 40.0 Å². The van der Waals surface area contributed by atoms with Crippen LogP contribution in [-0.2, 0) is 26.1 Å². The van der Waals surface area contributed by atoms with Crippen LogP contribution in [0.3, 0.4) is 0 Å². The molecule has 5 nitrogen and oxygen atoms in total. The number of hydrogen-bond acceptors (Lipinski definition) is 4. The van der Waals surface area contributed by atoms with Gasteiger partial charge in [0.15, 0.2) is 0 Å². The van der Waals surface area contributed by atoms with E-state index >= 15 is 0 Å². The second-order valence-corrected chi connectivity index (χ2v) is 5.65. The Morgan fingerprint density at radius 3 is 2.90 bits per heavy atom. The van der Waals surface area contributed by atoms with Crippen LogP contribution < -0.4 is 5.32 Å². The summed E-state index contributed by atoms with van der Waals surface area (Å²) in [5.74, 6) is 0. The minimum absolute atomic E-state index is 0.775. The van der Waals surface area contributed by atoms with Gasteiger partial charge >= 0.3 is 0 Å². The summed E-state index contributed by atoms with van der Waals surface area (Å²) in [5, 5.41) is 11.4. The van der Waals surface area contributed by atoms with Crippen molar-refractivity contribution in [3.63, 3.8) is 0 Å². The Labute approximate surface area is 126 Å². The largest absolute Gasteiger partial charge is 0.314 e. The molecule has 0 saturated heterocycles. The Balaban J connectivity index is 1.57. The predicted molar refractivity (Wildman–Crippen MR) is 82.8 cm³/mol. The molecule has 1 aliphatic rings. The molecule has 2 aromatic rings. The minimum atomic E-state index is 0.775. The Morgan fingerprint density at radius 2 is 2.05 bits per heavy atom. The van der Waals surface area contributed by atoms with Crippen molar-refractivity contribution in [1.29, 1.82) is 0 Å². The molecular weight excluding hydrogens is 262 g/mol. The Bertz CT molecular complexity index is 578. The number of nitrogens with one attached hydrogen (secondary N) is 1. The summed E-state index contributed by atoms with van der Waals surface area (Å²) in [7, 11) is 1.92. The highest BCUT2D eigenvalue weighted by molar-refractivity contribution is 5.27. The van der Waals surface area contributed by atoms with Crippen molar-refractivity contribution in [2.75, 3.05) is 20.1 Å². The summed E-state index contributed by atoms with van der Waals surface area (Å²) in [6, 6.07) is 8.81. The van der Waals surface area contributed by atoms with E-state index in [0.717, 1.165) is 38.4 Å². The van der Waals surface area contributed by atoms with E-state index in [0.29, 0.717) is 0 Å². The quantitative estimate of drug-likeness (QED) is 0.903. The van der Waals surface area contributed by atoms with E-state index in [1.807, 2.05) is 17.9 Å². The van der Waals surface area contributed by atoms with Crippen LogP contribution >= 0.6 is 0 Å². The number of benzene rings is 1. The van der Waals surface area contributed by atoms with Crippen LogP contribution in [0.2, 0.25) is 0 Å². The van der Waals surface area contributed by atoms with Crippen LogP contribution in [0.4, 0.5) is 0 Å². The van der Waals surface area contributed by atoms with E-state index in [2.05, 4.69) is 44.8 Å². The van der Waals surface area contributed by atoms with Crippen LogP contribution in [0.15, 0.2) is 30.5 Å². The van der Waals surface area contributed by atoms with Crippen LogP contribution in [0, 0.1) is 0 Å². The molecule has 0 amide bonds. The van der Waals surface area contributed by atoms with Gasteiger partial charge in [-0.25, -0.2) is 0 Å². The maximum Gasteiger partial charge on any atom is 0.0964 e. The third-order valence-corrected chi connectivity index (χ3v) is 4.02. The maximum absolute atomic E-state index is 4.19. The molecule has 0 unspecified atom stereocenters. The van der Waals surface area contributed by atoms with Gasteiger partial charge in [0.05, 0.1) is 12.2 Å². The lowest BCUT2D eigenvalue weighted by atomic mass is 10.0. The lowest BCUT2D eigenvalue weighted by molar-refractivity contribution is 0.253. The summed E-state index contributed by atoms with van der Waals surface area (Å²) in [5.41, 5.74) is 3.99. The second-order valence-electron chi connectivity index (χ2n) is 5.65. The third kappa shape index (κ3) is 3.68. The predicted octanol–water partition coefficient (Wildman–Crippen LogP) is 1.45. The van der Waals surface area contributed by atoms with Gasteiger partial charge in [-0.2, -0.15) is 0 Å². The molecule has 5 heteroatoms. The Kier molecular flexibility index (Phi) is 4.62. The zero-order valence-corrected chi connectivity index (χ0v) is 12.6. The first kappa shape index (κ1) is 14.2. The molecule has 0 fully saturated rings. The molecule has 0 saturated carbocycles. The highest BCUT2D eigenvalue weighted by atomic mass is 15.4. The number of fused-ring (bicyclic) bond motifs is 1. The number of aromatic nitrogens is 3. The first-order valence-electron chi connectivity index (χ1n) is 7.68. The van der Waals surface area contributed by atoms with Crippen LogP contribution in [0.1, 0.15) is 23.2 Å². The standard InChI is InChI=1S/C16H23N5/c1-17-11-16-13-21(19-18-16)10-9-20-8-4-7-14-5-2-3-6-15(14)12-20/h2-3,5-6,13,17H,4,7-12H2,1H3. The summed E-state index contributed by atoms with van der Waals surface area (Å²) in [6.07, 6.45) is 4.46. The minimum Gasteiger partial charge on any atom is -0.314 e. The topological polar surface area (TPSA) is 46.0 Å². The highest BCUT2D eigenvalue weighted by Crippen LogP contribution is 2.18. The average molecular weight is 285 g/mol. The van der Waals surface area contributed by atoms with Crippen molar-refractivity contribution in [3.8, 4) is 0 Å². The van der Waals surface area contributed by atoms with E-state index in [9.17, 15) is 0 Å². The number of aryl methyl sites for hydroxylation is 1. The molecule has 1 N–H and O–H groups in total. The highest BCUT2D eigenvalue weighted by Gasteiger charge is 2.13. The summed E-state index contributed by atoms with van der Waals surface area (Å²) in [6.45, 7) is 4.91. The van der Waals surface area contributed by atoms with Gasteiger partial charge in [-0.05, 0) is 37.6 Å². The van der Waals surface area contributed by atoms with E-state index in [-0.39, 0.29) is 0 Å². The van der Waals surface area contributed by atoms with Crippen molar-refractivity contribution < 1.29 is 0 Å². The smallest absolute Gasteiger partial charge is 0.0964 e. The SMILES string of the molecule is CNCc1cn(CCN2CCCc3ccccc3C2)nn1. The van der Waals surface area contributed by atoms with Crippen molar-refractivity contribution in [2.24, 2.45) is 0 Å². The number of rotatable bonds is 5. The van der Waals surface area contributed by atoms with Gasteiger partial charge < -0.3 is 5.32 Å². The lowest BCUT2D eigenvalue weighted by Gasteiger charge is -2.20. The van der Waals surface area contributed by atoms with Gasteiger partial charge in [-0.3, -0.25) is 9.58 Å². The molecule has 3 rings (SSSR count). The maximum atomic E-state index is 4.19. The molecule has 0 atom stereocenters. The van der Waals surface area contributed by atoms with Gasteiger partial charge in [-0.15, -0.1) is 5.10 Å². The van der Waals surface area contributed by atoms with E-state index in [4.69, 9.17) is 0 Å². The molecular formula is C16H23N5. The third-order valence-electron chi connectivity index (χ3n) is 4.02. The van der Waals surface area contributed by atoms with E-state index in [1.54, 1.807) is 0 Å². The van der Waals surface area contributed by atoms with Gasteiger partial charge in [0.2, 0.25) is 0 Å². The first-order chi connectivity index (χ1) is 10.3. The van der Waals surface area contributed by atoms with Crippen molar-refractivity contribution in [1.82, 2.24) is 25.2 Å². The fraction of sp³-hybridized carbons (Fsp3) is 0.500. The van der Waals surface area contributed by atoms with Gasteiger partial charge in [-0.1, -0.05) is 29.5 Å². The normalized spacial score (nSPS) is 15.7. The summed E-state index contributed by atoms with van der Waals surface area (Å²) in [4.78, 5) is 2.52. The monoisotopic (exact) mass is 285 g/mol. The van der Waals surface area contributed by atoms with Crippen molar-refractivity contribution in [3.05, 3.63) is 47.3 Å². The molecule has 1 aromatic carbocycles. The second kappa shape index (κ2) is 6.83. The summed E-state index contributed by atoms with van der Waals surface area (Å²) < 4.78 is 1.95. The van der Waals surface area contributed by atoms with Gasteiger partial charge in [0, 0.05) is 25.8 Å². The first-order valence-corrected chi connectivity index (χ1v) is 7.68. The van der Waals surface area contributed by atoms with Crippen LogP contribution in [0.5, 0.6) is 0 Å². The Morgan fingerprint density at radius 1 is 1.19 bits per heavy atom. The molecule has 112 valence electrons. The van der Waals surface area contributed by atoms with E-state index in [1.165, 1.54) is 24.0 Å². The zero-order valence-electron chi connectivity index (χ0n) is 12.6. The molecule has 0 spiro atoms. The van der Waals surface area contributed by atoms with Crippen LogP contribution in [0.25, 0.3) is 0 Å². The molecule has 0 bridgehead atoms. The molecule has 0 aliphatic carbocycles. The molecule has 1 aliphatic heterocycles. The van der Waals surface area contributed by atoms with E-state index < -0.39 is 0 Å². The molecule has 1 aromatic heterocycles. The zero-order chi connectivity index (χ0) is 14.5. The summed E-state index contributed by atoms with van der Waals surface area (Å²) >= 11 is 0. The average Bonchev–Trinajstić information content (AvgIpc) is 2.83. The lowest BCUT2D eigenvalue weighted by Crippen LogP contribution is -2.27. The molecule has 2 heterocycles. The van der Waals surface area contributed by atoms with Crippen molar-refractivity contribution in [2.45, 2.75) is 32.5 Å². The van der Waals surface area contributed by atoms with Crippen molar-refractivity contribution >= 4 is 0 Å².